The Morgan fingerprint density at radius 1 is 1.44 bits per heavy atom. The van der Waals surface area contributed by atoms with Crippen molar-refractivity contribution in [2.75, 3.05) is 5.32 Å². The summed E-state index contributed by atoms with van der Waals surface area (Å²) in [7, 11) is 0. The molecule has 2 aromatic rings. The van der Waals surface area contributed by atoms with E-state index in [9.17, 15) is 0 Å². The molecule has 0 radical (unpaired) electrons. The Morgan fingerprint density at radius 3 is 2.94 bits per heavy atom. The van der Waals surface area contributed by atoms with Crippen LogP contribution in [-0.2, 0) is 0 Å². The number of halogens is 2. The molecule has 0 amide bonds. The van der Waals surface area contributed by atoms with Crippen LogP contribution in [0, 0.1) is 0 Å². The highest BCUT2D eigenvalue weighted by molar-refractivity contribution is 9.10. The van der Waals surface area contributed by atoms with Gasteiger partial charge in [0.2, 0.25) is 0 Å². The average Bonchev–Trinajstić information content (AvgIpc) is 2.78. The maximum atomic E-state index is 5.86. The van der Waals surface area contributed by atoms with E-state index in [0.717, 1.165) is 5.82 Å². The summed E-state index contributed by atoms with van der Waals surface area (Å²) in [4.78, 5) is 15.1. The predicted molar refractivity (Wildman–Crippen MR) is 65.4 cm³/mol. The molecular weight excluding hydrogens is 293 g/mol. The van der Waals surface area contributed by atoms with Crippen molar-refractivity contribution in [2.45, 2.75) is 13.0 Å². The Bertz CT molecular complexity index is 473. The molecule has 84 valence electrons. The van der Waals surface area contributed by atoms with Gasteiger partial charge in [-0.2, -0.15) is 0 Å². The second-order valence-corrected chi connectivity index (χ2v) is 4.32. The lowest BCUT2D eigenvalue weighted by molar-refractivity contribution is 0.801. The van der Waals surface area contributed by atoms with Gasteiger partial charge in [-0.15, -0.1) is 0 Å². The first kappa shape index (κ1) is 11.3. The zero-order chi connectivity index (χ0) is 11.5. The van der Waals surface area contributed by atoms with Gasteiger partial charge in [0, 0.05) is 12.4 Å². The van der Waals surface area contributed by atoms with Crippen LogP contribution in [-0.4, -0.2) is 19.9 Å². The first-order chi connectivity index (χ1) is 7.68. The van der Waals surface area contributed by atoms with E-state index in [2.05, 4.69) is 41.2 Å². The molecule has 0 spiro atoms. The fourth-order valence-electron chi connectivity index (χ4n) is 1.24. The fourth-order valence-corrected chi connectivity index (χ4v) is 1.69. The summed E-state index contributed by atoms with van der Waals surface area (Å²) < 4.78 is 0.648. The van der Waals surface area contributed by atoms with Crippen LogP contribution < -0.4 is 5.32 Å². The molecule has 16 heavy (non-hydrogen) atoms. The molecule has 1 atom stereocenters. The smallest absolute Gasteiger partial charge is 0.148 e. The highest BCUT2D eigenvalue weighted by Gasteiger charge is 2.12. The Labute approximate surface area is 106 Å². The number of hydrogen-bond acceptors (Lipinski definition) is 4. The second kappa shape index (κ2) is 4.80. The molecule has 0 saturated heterocycles. The van der Waals surface area contributed by atoms with Crippen molar-refractivity contribution < 1.29 is 0 Å². The number of rotatable bonds is 3. The summed E-state index contributed by atoms with van der Waals surface area (Å²) in [5, 5.41) is 3.56. The molecule has 2 aromatic heterocycles. The number of imidazole rings is 1. The molecule has 1 unspecified atom stereocenters. The lowest BCUT2D eigenvalue weighted by Gasteiger charge is -2.13. The van der Waals surface area contributed by atoms with Gasteiger partial charge in [0.05, 0.1) is 10.5 Å². The summed E-state index contributed by atoms with van der Waals surface area (Å²) in [5.41, 5.74) is 0. The van der Waals surface area contributed by atoms with E-state index in [4.69, 9.17) is 11.6 Å². The number of aromatic amines is 1. The third kappa shape index (κ3) is 2.33. The van der Waals surface area contributed by atoms with Gasteiger partial charge >= 0.3 is 0 Å². The third-order valence-corrected chi connectivity index (χ3v) is 3.30. The molecule has 7 heteroatoms. The van der Waals surface area contributed by atoms with Crippen LogP contribution in [0.15, 0.2) is 23.2 Å². The molecule has 0 aliphatic carbocycles. The van der Waals surface area contributed by atoms with E-state index in [1.807, 2.05) is 6.92 Å². The quantitative estimate of drug-likeness (QED) is 0.856. The normalized spacial score (nSPS) is 12.4. The zero-order valence-corrected chi connectivity index (χ0v) is 10.7. The maximum Gasteiger partial charge on any atom is 0.148 e. The van der Waals surface area contributed by atoms with Gasteiger partial charge in [-0.1, -0.05) is 11.6 Å². The standard InChI is InChI=1S/C9H9BrClN5/c1-5(8-12-2-3-13-8)16-9-6(10)7(11)14-4-15-9/h2-5H,1H3,(H,12,13)(H,14,15,16). The Balaban J connectivity index is 2.18. The van der Waals surface area contributed by atoms with Crippen LogP contribution in [0.5, 0.6) is 0 Å². The molecule has 0 aromatic carbocycles. The molecular formula is C9H9BrClN5. The van der Waals surface area contributed by atoms with Gasteiger partial charge < -0.3 is 10.3 Å². The van der Waals surface area contributed by atoms with Crippen molar-refractivity contribution in [3.63, 3.8) is 0 Å². The topological polar surface area (TPSA) is 66.5 Å². The predicted octanol–water partition coefficient (Wildman–Crippen LogP) is 2.79. The number of nitrogens with one attached hydrogen (secondary N) is 2. The molecule has 0 fully saturated rings. The highest BCUT2D eigenvalue weighted by atomic mass is 79.9. The van der Waals surface area contributed by atoms with Crippen LogP contribution in [0.1, 0.15) is 18.8 Å². The molecule has 2 rings (SSSR count). The minimum atomic E-state index is 0.0114. The molecule has 0 saturated carbocycles. The minimum Gasteiger partial charge on any atom is -0.359 e. The molecule has 0 aliphatic rings. The number of aromatic nitrogens is 4. The average molecular weight is 303 g/mol. The van der Waals surface area contributed by atoms with Crippen LogP contribution in [0.3, 0.4) is 0 Å². The van der Waals surface area contributed by atoms with Crippen molar-refractivity contribution in [3.05, 3.63) is 34.2 Å². The van der Waals surface area contributed by atoms with Gasteiger partial charge in [-0.05, 0) is 22.9 Å². The van der Waals surface area contributed by atoms with Gasteiger partial charge in [0.25, 0.3) is 0 Å². The van der Waals surface area contributed by atoms with Crippen molar-refractivity contribution in [3.8, 4) is 0 Å². The minimum absolute atomic E-state index is 0.0114. The van der Waals surface area contributed by atoms with Crippen LogP contribution in [0.4, 0.5) is 5.82 Å². The molecule has 5 nitrogen and oxygen atoms in total. The molecule has 2 N–H and O–H groups in total. The molecule has 0 bridgehead atoms. The van der Waals surface area contributed by atoms with E-state index >= 15 is 0 Å². The van der Waals surface area contributed by atoms with Gasteiger partial charge in [0.15, 0.2) is 0 Å². The van der Waals surface area contributed by atoms with Crippen LogP contribution in [0.2, 0.25) is 5.15 Å². The number of hydrogen-bond donors (Lipinski definition) is 2. The van der Waals surface area contributed by atoms with Crippen molar-refractivity contribution in [1.29, 1.82) is 0 Å². The lowest BCUT2D eigenvalue weighted by atomic mass is 10.3. The van der Waals surface area contributed by atoms with Crippen LogP contribution in [0.25, 0.3) is 0 Å². The van der Waals surface area contributed by atoms with E-state index in [1.54, 1.807) is 12.4 Å². The van der Waals surface area contributed by atoms with Crippen molar-refractivity contribution in [1.82, 2.24) is 19.9 Å². The maximum absolute atomic E-state index is 5.86. The van der Waals surface area contributed by atoms with E-state index in [1.165, 1.54) is 6.33 Å². The molecule has 2 heterocycles. The first-order valence-corrected chi connectivity index (χ1v) is 5.77. The Kier molecular flexibility index (Phi) is 3.40. The summed E-state index contributed by atoms with van der Waals surface area (Å²) in [6, 6.07) is 0.0114. The third-order valence-electron chi connectivity index (χ3n) is 2.03. The second-order valence-electron chi connectivity index (χ2n) is 3.17. The Morgan fingerprint density at radius 2 is 2.25 bits per heavy atom. The van der Waals surface area contributed by atoms with Gasteiger partial charge in [0.1, 0.15) is 23.1 Å². The lowest BCUT2D eigenvalue weighted by Crippen LogP contribution is -2.10. The summed E-state index contributed by atoms with van der Waals surface area (Å²) in [6.45, 7) is 1.97. The monoisotopic (exact) mass is 301 g/mol. The van der Waals surface area contributed by atoms with Crippen molar-refractivity contribution >= 4 is 33.3 Å². The highest BCUT2D eigenvalue weighted by Crippen LogP contribution is 2.28. The van der Waals surface area contributed by atoms with Gasteiger partial charge in [-0.3, -0.25) is 0 Å². The first-order valence-electron chi connectivity index (χ1n) is 4.60. The van der Waals surface area contributed by atoms with Gasteiger partial charge in [-0.25, -0.2) is 15.0 Å². The number of H-pyrrole nitrogens is 1. The largest absolute Gasteiger partial charge is 0.359 e. The number of nitrogens with zero attached hydrogens (tertiary/aromatic N) is 3. The number of anilines is 1. The van der Waals surface area contributed by atoms with Crippen molar-refractivity contribution in [2.24, 2.45) is 0 Å². The Hall–Kier alpha value is -1.14. The van der Waals surface area contributed by atoms with E-state index in [-0.39, 0.29) is 6.04 Å². The van der Waals surface area contributed by atoms with E-state index < -0.39 is 0 Å². The fraction of sp³-hybridized carbons (Fsp3) is 0.222. The molecule has 0 aliphatic heterocycles. The van der Waals surface area contributed by atoms with Crippen LogP contribution >= 0.6 is 27.5 Å². The summed E-state index contributed by atoms with van der Waals surface area (Å²) >= 11 is 9.18. The summed E-state index contributed by atoms with van der Waals surface area (Å²) in [6.07, 6.45) is 4.88. The zero-order valence-electron chi connectivity index (χ0n) is 8.41. The van der Waals surface area contributed by atoms with E-state index in [0.29, 0.717) is 15.4 Å². The SMILES string of the molecule is CC(Nc1ncnc(Cl)c1Br)c1ncc[nH]1. The summed E-state index contributed by atoms with van der Waals surface area (Å²) in [5.74, 6) is 1.48.